The highest BCUT2D eigenvalue weighted by Gasteiger charge is 2.23. The van der Waals surface area contributed by atoms with Crippen LogP contribution in [0.1, 0.15) is 64.1 Å². The highest BCUT2D eigenvalue weighted by atomic mass is 16.4. The van der Waals surface area contributed by atoms with Crippen molar-refractivity contribution in [2.75, 3.05) is 11.9 Å². The Kier molecular flexibility index (Phi) is 5.69. The lowest BCUT2D eigenvalue weighted by Crippen LogP contribution is -2.39. The van der Waals surface area contributed by atoms with Gasteiger partial charge in [0.2, 0.25) is 0 Å². The van der Waals surface area contributed by atoms with Crippen molar-refractivity contribution in [3.8, 4) is 0 Å². The molecule has 1 aliphatic heterocycles. The Morgan fingerprint density at radius 2 is 2.13 bits per heavy atom. The Hall–Kier alpha value is -1.55. The van der Waals surface area contributed by atoms with E-state index in [2.05, 4.69) is 49.6 Å². The molecule has 2 rings (SSSR count). The van der Waals surface area contributed by atoms with Crippen molar-refractivity contribution in [1.82, 2.24) is 5.32 Å². The van der Waals surface area contributed by atoms with Crippen LogP contribution >= 0.6 is 0 Å². The predicted octanol–water partition coefficient (Wildman–Crippen LogP) is 3.97. The molecular formula is C19H30N2O2. The maximum Gasteiger partial charge on any atom is 0.320 e. The Morgan fingerprint density at radius 1 is 1.39 bits per heavy atom. The number of benzene rings is 1. The van der Waals surface area contributed by atoms with E-state index in [-0.39, 0.29) is 11.5 Å². The summed E-state index contributed by atoms with van der Waals surface area (Å²) < 4.78 is 0. The van der Waals surface area contributed by atoms with Gasteiger partial charge >= 0.3 is 5.97 Å². The molecule has 0 aromatic heterocycles. The third kappa shape index (κ3) is 5.24. The number of hydrogen-bond acceptors (Lipinski definition) is 3. The van der Waals surface area contributed by atoms with Gasteiger partial charge < -0.3 is 10.4 Å². The third-order valence-corrected chi connectivity index (χ3v) is 4.50. The summed E-state index contributed by atoms with van der Waals surface area (Å²) in [6.07, 6.45) is 3.82. The molecule has 0 saturated heterocycles. The van der Waals surface area contributed by atoms with Crippen LogP contribution in [0.5, 0.6) is 0 Å². The molecule has 4 heteroatoms. The van der Waals surface area contributed by atoms with Crippen LogP contribution in [0.2, 0.25) is 0 Å². The van der Waals surface area contributed by atoms with E-state index in [1.807, 2.05) is 6.92 Å². The number of anilines is 1. The standard InChI is InChI=1S/C19H30N2O2/c1-13(21-16(18(22)23)9-10-19(2,3)4)15-8-7-14-6-5-11-20-17(14)12-15/h7-8,12-13,16,20-21H,5-6,9-11H2,1-4H3,(H,22,23)/t13-,16+/m1/s1. The van der Waals surface area contributed by atoms with E-state index in [1.165, 1.54) is 17.7 Å². The van der Waals surface area contributed by atoms with E-state index >= 15 is 0 Å². The Labute approximate surface area is 139 Å². The third-order valence-electron chi connectivity index (χ3n) is 4.50. The molecule has 4 nitrogen and oxygen atoms in total. The van der Waals surface area contributed by atoms with Gasteiger partial charge in [-0.15, -0.1) is 0 Å². The minimum Gasteiger partial charge on any atom is -0.480 e. The van der Waals surface area contributed by atoms with Crippen LogP contribution in [0.25, 0.3) is 0 Å². The molecule has 2 atom stereocenters. The first-order valence-electron chi connectivity index (χ1n) is 8.62. The van der Waals surface area contributed by atoms with Crippen molar-refractivity contribution in [2.24, 2.45) is 5.41 Å². The van der Waals surface area contributed by atoms with Crippen LogP contribution in [0.15, 0.2) is 18.2 Å². The van der Waals surface area contributed by atoms with Gasteiger partial charge in [-0.05, 0) is 55.2 Å². The van der Waals surface area contributed by atoms with E-state index in [4.69, 9.17) is 0 Å². The Balaban J connectivity index is 2.03. The minimum absolute atomic E-state index is 0.0186. The van der Waals surface area contributed by atoms with Crippen LogP contribution in [-0.2, 0) is 11.2 Å². The number of nitrogens with one attached hydrogen (secondary N) is 2. The first-order valence-corrected chi connectivity index (χ1v) is 8.62. The molecule has 1 heterocycles. The summed E-state index contributed by atoms with van der Waals surface area (Å²) in [5.74, 6) is -0.766. The number of fused-ring (bicyclic) bond motifs is 1. The molecule has 0 bridgehead atoms. The second-order valence-electron chi connectivity index (χ2n) is 7.83. The van der Waals surface area contributed by atoms with E-state index in [0.29, 0.717) is 6.42 Å². The molecule has 1 aromatic rings. The van der Waals surface area contributed by atoms with Gasteiger partial charge in [0.1, 0.15) is 6.04 Å². The van der Waals surface area contributed by atoms with Gasteiger partial charge in [0.05, 0.1) is 0 Å². The highest BCUT2D eigenvalue weighted by Crippen LogP contribution is 2.27. The predicted molar refractivity (Wildman–Crippen MR) is 94.9 cm³/mol. The van der Waals surface area contributed by atoms with E-state index in [9.17, 15) is 9.90 Å². The minimum atomic E-state index is -0.766. The van der Waals surface area contributed by atoms with Gasteiger partial charge in [-0.2, -0.15) is 0 Å². The number of carboxylic acid groups (broad SMARTS) is 1. The molecule has 1 aliphatic rings. The molecule has 0 saturated carbocycles. The van der Waals surface area contributed by atoms with Crippen molar-refractivity contribution in [3.63, 3.8) is 0 Å². The maximum atomic E-state index is 11.5. The van der Waals surface area contributed by atoms with Gasteiger partial charge in [-0.25, -0.2) is 0 Å². The summed E-state index contributed by atoms with van der Waals surface area (Å²) in [7, 11) is 0. The summed E-state index contributed by atoms with van der Waals surface area (Å²) in [6.45, 7) is 9.48. The fourth-order valence-electron chi connectivity index (χ4n) is 3.00. The smallest absolute Gasteiger partial charge is 0.320 e. The molecule has 0 spiro atoms. The topological polar surface area (TPSA) is 61.4 Å². The first kappa shape index (κ1) is 17.8. The van der Waals surface area contributed by atoms with Crippen LogP contribution in [0.4, 0.5) is 5.69 Å². The van der Waals surface area contributed by atoms with Crippen molar-refractivity contribution in [3.05, 3.63) is 29.3 Å². The molecule has 128 valence electrons. The molecule has 0 aliphatic carbocycles. The second kappa shape index (κ2) is 7.35. The first-order chi connectivity index (χ1) is 10.8. The van der Waals surface area contributed by atoms with E-state index in [1.54, 1.807) is 0 Å². The van der Waals surface area contributed by atoms with E-state index in [0.717, 1.165) is 24.9 Å². The van der Waals surface area contributed by atoms with Crippen molar-refractivity contribution in [2.45, 2.75) is 65.5 Å². The van der Waals surface area contributed by atoms with Crippen molar-refractivity contribution in [1.29, 1.82) is 0 Å². The normalized spacial score (nSPS) is 17.0. The summed E-state index contributed by atoms with van der Waals surface area (Å²) in [6, 6.07) is 5.96. The Morgan fingerprint density at radius 3 is 2.78 bits per heavy atom. The molecule has 23 heavy (non-hydrogen) atoms. The van der Waals surface area contributed by atoms with Gasteiger partial charge in [0, 0.05) is 18.3 Å². The van der Waals surface area contributed by atoms with Crippen LogP contribution in [-0.4, -0.2) is 23.7 Å². The van der Waals surface area contributed by atoms with Gasteiger partial charge in [0.15, 0.2) is 0 Å². The summed E-state index contributed by atoms with van der Waals surface area (Å²) in [5.41, 5.74) is 3.84. The lowest BCUT2D eigenvalue weighted by atomic mass is 9.88. The zero-order valence-corrected chi connectivity index (χ0v) is 14.8. The van der Waals surface area contributed by atoms with Gasteiger partial charge in [0.25, 0.3) is 0 Å². The lowest BCUT2D eigenvalue weighted by Gasteiger charge is -2.25. The zero-order chi connectivity index (χ0) is 17.0. The van der Waals surface area contributed by atoms with Crippen LogP contribution in [0, 0.1) is 5.41 Å². The number of rotatable bonds is 6. The fourth-order valence-corrected chi connectivity index (χ4v) is 3.00. The average Bonchev–Trinajstić information content (AvgIpc) is 2.49. The summed E-state index contributed by atoms with van der Waals surface area (Å²) in [5, 5.41) is 16.2. The number of carbonyl (C=O) groups is 1. The number of aryl methyl sites for hydroxylation is 1. The molecule has 0 amide bonds. The monoisotopic (exact) mass is 318 g/mol. The van der Waals surface area contributed by atoms with Gasteiger partial charge in [-0.1, -0.05) is 32.9 Å². The molecule has 0 unspecified atom stereocenters. The van der Waals surface area contributed by atoms with E-state index < -0.39 is 12.0 Å². The van der Waals surface area contributed by atoms with Crippen LogP contribution in [0.3, 0.4) is 0 Å². The molecule has 1 aromatic carbocycles. The largest absolute Gasteiger partial charge is 0.480 e. The van der Waals surface area contributed by atoms with Crippen molar-refractivity contribution >= 4 is 11.7 Å². The fraction of sp³-hybridized carbons (Fsp3) is 0.632. The summed E-state index contributed by atoms with van der Waals surface area (Å²) in [4.78, 5) is 11.5. The average molecular weight is 318 g/mol. The zero-order valence-electron chi connectivity index (χ0n) is 14.8. The second-order valence-corrected chi connectivity index (χ2v) is 7.83. The summed E-state index contributed by atoms with van der Waals surface area (Å²) >= 11 is 0. The number of aliphatic carboxylic acids is 1. The number of hydrogen-bond donors (Lipinski definition) is 3. The molecule has 0 fully saturated rings. The quantitative estimate of drug-likeness (QED) is 0.742. The SMILES string of the molecule is C[C@@H](N[C@@H](CCC(C)(C)C)C(=O)O)c1ccc2c(c1)NCCC2. The number of carboxylic acids is 1. The molecule has 3 N–H and O–H groups in total. The van der Waals surface area contributed by atoms with Crippen LogP contribution < -0.4 is 10.6 Å². The lowest BCUT2D eigenvalue weighted by molar-refractivity contribution is -0.140. The maximum absolute atomic E-state index is 11.5. The van der Waals surface area contributed by atoms with Crippen molar-refractivity contribution < 1.29 is 9.90 Å². The molecular weight excluding hydrogens is 288 g/mol. The highest BCUT2D eigenvalue weighted by molar-refractivity contribution is 5.73. The van der Waals surface area contributed by atoms with Gasteiger partial charge in [-0.3, -0.25) is 10.1 Å². The molecule has 0 radical (unpaired) electrons. The Bertz CT molecular complexity index is 549.